The van der Waals surface area contributed by atoms with Crippen molar-refractivity contribution in [3.8, 4) is 0 Å². The van der Waals surface area contributed by atoms with Crippen molar-refractivity contribution in [1.29, 1.82) is 0 Å². The van der Waals surface area contributed by atoms with E-state index in [1.807, 2.05) is 0 Å². The monoisotopic (exact) mass is 371 g/mol. The van der Waals surface area contributed by atoms with E-state index in [4.69, 9.17) is 0 Å². The summed E-state index contributed by atoms with van der Waals surface area (Å²) in [5.74, 6) is -1.34. The van der Waals surface area contributed by atoms with Crippen molar-refractivity contribution in [3.05, 3.63) is 47.6 Å². The summed E-state index contributed by atoms with van der Waals surface area (Å²) in [6.07, 6.45) is 2.79. The van der Waals surface area contributed by atoms with Crippen molar-refractivity contribution in [2.24, 2.45) is 0 Å². The Labute approximate surface area is 147 Å². The van der Waals surface area contributed by atoms with E-state index < -0.39 is 21.7 Å². The van der Waals surface area contributed by atoms with E-state index in [0.717, 1.165) is 13.0 Å². The molecule has 0 aromatic heterocycles. The van der Waals surface area contributed by atoms with Crippen LogP contribution in [0.5, 0.6) is 0 Å². The summed E-state index contributed by atoms with van der Waals surface area (Å²) in [5.41, 5.74) is 0.713. The number of sulfonamides is 1. The zero-order valence-electron chi connectivity index (χ0n) is 14.3. The van der Waals surface area contributed by atoms with Gasteiger partial charge in [-0.1, -0.05) is 12.1 Å². The fourth-order valence-corrected chi connectivity index (χ4v) is 4.09. The molecule has 1 fully saturated rings. The number of hydrogen-bond acceptors (Lipinski definition) is 3. The van der Waals surface area contributed by atoms with E-state index in [1.54, 1.807) is 0 Å². The van der Waals surface area contributed by atoms with Crippen LogP contribution in [0.15, 0.2) is 46.9 Å². The van der Waals surface area contributed by atoms with Crippen LogP contribution in [-0.4, -0.2) is 25.7 Å². The fraction of sp³-hybridized carbons (Fsp3) is 0.444. The van der Waals surface area contributed by atoms with Gasteiger partial charge < -0.3 is 5.11 Å². The van der Waals surface area contributed by atoms with Crippen LogP contribution in [0.4, 0.5) is 8.78 Å². The first kappa shape index (κ1) is 19.8. The number of allylic oxidation sites excluding steroid dienone is 4. The van der Waals surface area contributed by atoms with Crippen LogP contribution in [0.1, 0.15) is 45.1 Å². The SMILES string of the molecule is CC(F)=CC(F)=C(C)c1ccc(S(=O)(=O)NC2CCC(O)CC2)cc1. The molecule has 4 nitrogen and oxygen atoms in total. The van der Waals surface area contributed by atoms with Crippen molar-refractivity contribution in [2.75, 3.05) is 0 Å². The van der Waals surface area contributed by atoms with Gasteiger partial charge in [0.15, 0.2) is 0 Å². The average molecular weight is 371 g/mol. The normalized spacial score (nSPS) is 23.3. The number of aliphatic hydroxyl groups excluding tert-OH is 1. The Morgan fingerprint density at radius 2 is 1.68 bits per heavy atom. The Morgan fingerprint density at radius 1 is 1.12 bits per heavy atom. The Hall–Kier alpha value is -1.57. The average Bonchev–Trinajstić information content (AvgIpc) is 2.55. The standard InChI is InChI=1S/C18H23F2NO3S/c1-12(19)11-18(20)13(2)14-3-9-17(10-4-14)25(23,24)21-15-5-7-16(22)8-6-15/h3-4,9-11,15-16,21-22H,5-8H2,1-2H3. The molecule has 25 heavy (non-hydrogen) atoms. The number of benzene rings is 1. The topological polar surface area (TPSA) is 66.4 Å². The summed E-state index contributed by atoms with van der Waals surface area (Å²) in [6.45, 7) is 2.66. The first-order valence-electron chi connectivity index (χ1n) is 8.20. The minimum absolute atomic E-state index is 0.0906. The highest BCUT2D eigenvalue weighted by Crippen LogP contribution is 2.24. The zero-order valence-corrected chi connectivity index (χ0v) is 15.1. The van der Waals surface area contributed by atoms with E-state index in [1.165, 1.54) is 31.2 Å². The van der Waals surface area contributed by atoms with Gasteiger partial charge in [-0.25, -0.2) is 21.9 Å². The molecule has 0 spiro atoms. The molecule has 138 valence electrons. The first-order chi connectivity index (χ1) is 11.7. The van der Waals surface area contributed by atoms with Gasteiger partial charge in [-0.2, -0.15) is 0 Å². The van der Waals surface area contributed by atoms with E-state index in [9.17, 15) is 22.3 Å². The van der Waals surface area contributed by atoms with Crippen LogP contribution in [0.3, 0.4) is 0 Å². The molecule has 2 N–H and O–H groups in total. The van der Waals surface area contributed by atoms with Gasteiger partial charge in [0, 0.05) is 12.1 Å². The molecule has 1 aliphatic rings. The van der Waals surface area contributed by atoms with Crippen LogP contribution >= 0.6 is 0 Å². The van der Waals surface area contributed by atoms with Gasteiger partial charge in [0.1, 0.15) is 5.83 Å². The van der Waals surface area contributed by atoms with Gasteiger partial charge in [0.05, 0.1) is 16.8 Å². The minimum Gasteiger partial charge on any atom is -0.393 e. The lowest BCUT2D eigenvalue weighted by atomic mass is 9.94. The Kier molecular flexibility index (Phi) is 6.48. The predicted molar refractivity (Wildman–Crippen MR) is 93.6 cm³/mol. The first-order valence-corrected chi connectivity index (χ1v) is 9.68. The van der Waals surface area contributed by atoms with Crippen LogP contribution in [0.25, 0.3) is 5.57 Å². The van der Waals surface area contributed by atoms with Gasteiger partial charge >= 0.3 is 0 Å². The van der Waals surface area contributed by atoms with Gasteiger partial charge in [0.25, 0.3) is 0 Å². The largest absolute Gasteiger partial charge is 0.393 e. The predicted octanol–water partition coefficient (Wildman–Crippen LogP) is 3.84. The molecule has 1 aliphatic carbocycles. The summed E-state index contributed by atoms with van der Waals surface area (Å²) in [7, 11) is -3.67. The van der Waals surface area contributed by atoms with Crippen LogP contribution in [0.2, 0.25) is 0 Å². The van der Waals surface area contributed by atoms with E-state index >= 15 is 0 Å². The molecular weight excluding hydrogens is 348 g/mol. The molecule has 2 rings (SSSR count). The number of aliphatic hydroxyl groups is 1. The van der Waals surface area contributed by atoms with Gasteiger partial charge in [-0.3, -0.25) is 0 Å². The van der Waals surface area contributed by atoms with Crippen LogP contribution in [-0.2, 0) is 10.0 Å². The lowest BCUT2D eigenvalue weighted by Gasteiger charge is -2.26. The van der Waals surface area contributed by atoms with Gasteiger partial charge in [-0.15, -0.1) is 0 Å². The second-order valence-corrected chi connectivity index (χ2v) is 8.07. The number of nitrogens with one attached hydrogen (secondary N) is 1. The quantitative estimate of drug-likeness (QED) is 0.773. The van der Waals surface area contributed by atoms with Gasteiger partial charge in [-0.05, 0) is 62.8 Å². The summed E-state index contributed by atoms with van der Waals surface area (Å²) >= 11 is 0. The minimum atomic E-state index is -3.67. The summed E-state index contributed by atoms with van der Waals surface area (Å²) < 4.78 is 54.1. The molecule has 0 radical (unpaired) electrons. The molecule has 7 heteroatoms. The molecule has 0 heterocycles. The van der Waals surface area contributed by atoms with Crippen molar-refractivity contribution < 1.29 is 22.3 Å². The van der Waals surface area contributed by atoms with E-state index in [0.29, 0.717) is 31.2 Å². The highest BCUT2D eigenvalue weighted by molar-refractivity contribution is 7.89. The maximum atomic E-state index is 13.8. The fourth-order valence-electron chi connectivity index (χ4n) is 2.79. The Bertz CT molecular complexity index is 758. The Balaban J connectivity index is 2.14. The maximum absolute atomic E-state index is 13.8. The third-order valence-electron chi connectivity index (χ3n) is 4.30. The van der Waals surface area contributed by atoms with Crippen molar-refractivity contribution in [2.45, 2.75) is 56.6 Å². The van der Waals surface area contributed by atoms with E-state index in [-0.39, 0.29) is 22.6 Å². The summed E-state index contributed by atoms with van der Waals surface area (Å²) in [5, 5.41) is 9.48. The number of halogens is 2. The zero-order chi connectivity index (χ0) is 18.6. The molecule has 1 aromatic rings. The molecule has 0 aliphatic heterocycles. The van der Waals surface area contributed by atoms with Crippen molar-refractivity contribution in [1.82, 2.24) is 4.72 Å². The third kappa shape index (κ3) is 5.45. The maximum Gasteiger partial charge on any atom is 0.240 e. The molecular formula is C18H23F2NO3S. The van der Waals surface area contributed by atoms with Crippen molar-refractivity contribution >= 4 is 15.6 Å². The summed E-state index contributed by atoms with van der Waals surface area (Å²) in [4.78, 5) is 0.0906. The lowest BCUT2D eigenvalue weighted by Crippen LogP contribution is -2.38. The number of hydrogen-bond donors (Lipinski definition) is 2. The molecule has 0 amide bonds. The summed E-state index contributed by atoms with van der Waals surface area (Å²) in [6, 6.07) is 5.60. The molecule has 0 bridgehead atoms. The van der Waals surface area contributed by atoms with Crippen molar-refractivity contribution in [3.63, 3.8) is 0 Å². The van der Waals surface area contributed by atoms with E-state index in [2.05, 4.69) is 4.72 Å². The van der Waals surface area contributed by atoms with Crippen LogP contribution < -0.4 is 4.72 Å². The lowest BCUT2D eigenvalue weighted by molar-refractivity contribution is 0.120. The van der Waals surface area contributed by atoms with Crippen LogP contribution in [0, 0.1) is 0 Å². The molecule has 0 unspecified atom stereocenters. The molecule has 0 atom stereocenters. The van der Waals surface area contributed by atoms with Gasteiger partial charge in [0.2, 0.25) is 10.0 Å². The molecule has 1 aromatic carbocycles. The highest BCUT2D eigenvalue weighted by atomic mass is 32.2. The number of rotatable bonds is 5. The molecule has 1 saturated carbocycles. The Morgan fingerprint density at radius 3 is 2.20 bits per heavy atom. The highest BCUT2D eigenvalue weighted by Gasteiger charge is 2.24. The second-order valence-electron chi connectivity index (χ2n) is 6.36. The smallest absolute Gasteiger partial charge is 0.240 e. The third-order valence-corrected chi connectivity index (χ3v) is 5.84. The second kappa shape index (κ2) is 8.21. The molecule has 0 saturated heterocycles.